The average molecular weight is 500 g/mol. The quantitative estimate of drug-likeness (QED) is 0.406. The average Bonchev–Trinajstić information content (AvgIpc) is 3.37. The molecule has 0 aliphatic carbocycles. The van der Waals surface area contributed by atoms with Gasteiger partial charge in [0.25, 0.3) is 5.91 Å². The Kier molecular flexibility index (Phi) is 7.67. The molecule has 1 aliphatic heterocycles. The normalized spacial score (nSPS) is 15.5. The highest BCUT2D eigenvalue weighted by Gasteiger charge is 2.26. The number of nitrogens with zero attached hydrogens (tertiary/aromatic N) is 1. The highest BCUT2D eigenvalue weighted by atomic mass is 32.2. The fourth-order valence-corrected chi connectivity index (χ4v) is 4.85. The fraction of sp³-hybridized carbons (Fsp3) is 0.269. The van der Waals surface area contributed by atoms with E-state index in [2.05, 4.69) is 0 Å². The zero-order chi connectivity index (χ0) is 24.8. The minimum atomic E-state index is -4.13. The molecule has 0 saturated carbocycles. The van der Waals surface area contributed by atoms with Crippen LogP contribution in [0, 0.1) is 5.82 Å². The van der Waals surface area contributed by atoms with Crippen molar-refractivity contribution in [3.63, 3.8) is 0 Å². The van der Waals surface area contributed by atoms with Gasteiger partial charge in [0.05, 0.1) is 13.2 Å². The number of carbonyl (C=O) groups is 1. The SMILES string of the molecule is COc1ccc(S(=O)(=O)Oc2ccccc2CN(CC2CCCO2)C(=O)c2cccc(F)c2)cc1. The zero-order valence-electron chi connectivity index (χ0n) is 19.2. The third kappa shape index (κ3) is 6.17. The van der Waals surface area contributed by atoms with Gasteiger partial charge < -0.3 is 18.6 Å². The molecule has 9 heteroatoms. The predicted molar refractivity (Wildman–Crippen MR) is 127 cm³/mol. The predicted octanol–water partition coefficient (Wildman–Crippen LogP) is 4.42. The molecule has 35 heavy (non-hydrogen) atoms. The van der Waals surface area contributed by atoms with E-state index >= 15 is 0 Å². The van der Waals surface area contributed by atoms with Crippen LogP contribution in [0.15, 0.2) is 77.7 Å². The van der Waals surface area contributed by atoms with Crippen LogP contribution >= 0.6 is 0 Å². The van der Waals surface area contributed by atoms with Crippen LogP contribution in [-0.4, -0.2) is 45.6 Å². The first-order valence-electron chi connectivity index (χ1n) is 11.2. The van der Waals surface area contributed by atoms with Crippen LogP contribution in [0.25, 0.3) is 0 Å². The lowest BCUT2D eigenvalue weighted by atomic mass is 10.1. The third-order valence-electron chi connectivity index (χ3n) is 5.69. The summed E-state index contributed by atoms with van der Waals surface area (Å²) in [5, 5.41) is 0. The molecule has 0 aromatic heterocycles. The van der Waals surface area contributed by atoms with Gasteiger partial charge in [-0.2, -0.15) is 8.42 Å². The van der Waals surface area contributed by atoms with E-state index in [4.69, 9.17) is 13.7 Å². The summed E-state index contributed by atoms with van der Waals surface area (Å²) in [5.74, 6) is -0.271. The Bertz CT molecular complexity index is 1270. The smallest absolute Gasteiger partial charge is 0.339 e. The van der Waals surface area contributed by atoms with Crippen LogP contribution in [0.3, 0.4) is 0 Å². The number of benzene rings is 3. The first-order valence-corrected chi connectivity index (χ1v) is 12.6. The van der Waals surface area contributed by atoms with Crippen molar-refractivity contribution in [2.75, 3.05) is 20.3 Å². The molecular weight excluding hydrogens is 473 g/mol. The summed E-state index contributed by atoms with van der Waals surface area (Å²) in [7, 11) is -2.64. The molecule has 3 aromatic carbocycles. The van der Waals surface area contributed by atoms with E-state index in [0.717, 1.165) is 12.8 Å². The van der Waals surface area contributed by atoms with Crippen molar-refractivity contribution in [3.8, 4) is 11.5 Å². The Labute approximate surface area is 204 Å². The Morgan fingerprint density at radius 3 is 2.54 bits per heavy atom. The maximum atomic E-state index is 13.8. The van der Waals surface area contributed by atoms with Crippen molar-refractivity contribution in [1.29, 1.82) is 0 Å². The number of ether oxygens (including phenoxy) is 2. The molecule has 1 unspecified atom stereocenters. The molecule has 1 fully saturated rings. The second kappa shape index (κ2) is 10.9. The highest BCUT2D eigenvalue weighted by molar-refractivity contribution is 7.87. The number of rotatable bonds is 9. The molecule has 7 nitrogen and oxygen atoms in total. The van der Waals surface area contributed by atoms with Crippen molar-refractivity contribution in [1.82, 2.24) is 4.90 Å². The van der Waals surface area contributed by atoms with Crippen molar-refractivity contribution in [2.45, 2.75) is 30.4 Å². The topological polar surface area (TPSA) is 82.1 Å². The molecule has 0 bridgehead atoms. The number of carbonyl (C=O) groups excluding carboxylic acids is 1. The van der Waals surface area contributed by atoms with Crippen LogP contribution in [0.4, 0.5) is 4.39 Å². The highest BCUT2D eigenvalue weighted by Crippen LogP contribution is 2.27. The molecule has 0 N–H and O–H groups in total. The fourth-order valence-electron chi connectivity index (χ4n) is 3.89. The van der Waals surface area contributed by atoms with Crippen molar-refractivity contribution in [3.05, 3.63) is 89.7 Å². The van der Waals surface area contributed by atoms with Crippen LogP contribution in [0.5, 0.6) is 11.5 Å². The van der Waals surface area contributed by atoms with E-state index in [1.165, 1.54) is 60.5 Å². The summed E-state index contributed by atoms with van der Waals surface area (Å²) in [6, 6.07) is 18.0. The number of hydrogen-bond acceptors (Lipinski definition) is 6. The minimum absolute atomic E-state index is 0.0276. The summed E-state index contributed by atoms with van der Waals surface area (Å²) in [4.78, 5) is 14.8. The Morgan fingerprint density at radius 2 is 1.86 bits per heavy atom. The maximum Gasteiger partial charge on any atom is 0.339 e. The van der Waals surface area contributed by atoms with Gasteiger partial charge in [-0.15, -0.1) is 0 Å². The van der Waals surface area contributed by atoms with Gasteiger partial charge in [-0.05, 0) is 61.4 Å². The summed E-state index contributed by atoms with van der Waals surface area (Å²) in [5.41, 5.74) is 0.694. The van der Waals surface area contributed by atoms with E-state index in [9.17, 15) is 17.6 Å². The molecule has 1 amide bonds. The molecule has 3 aromatic rings. The van der Waals surface area contributed by atoms with E-state index < -0.39 is 15.9 Å². The summed E-state index contributed by atoms with van der Waals surface area (Å²) < 4.78 is 55.9. The third-order valence-corrected chi connectivity index (χ3v) is 6.94. The Morgan fingerprint density at radius 1 is 1.09 bits per heavy atom. The van der Waals surface area contributed by atoms with Gasteiger partial charge in [0.15, 0.2) is 0 Å². The van der Waals surface area contributed by atoms with Crippen molar-refractivity contribution < 1.29 is 31.3 Å². The van der Waals surface area contributed by atoms with Crippen LogP contribution in [0.2, 0.25) is 0 Å². The first kappa shape index (κ1) is 24.7. The van der Waals surface area contributed by atoms with E-state index in [-0.39, 0.29) is 41.3 Å². The van der Waals surface area contributed by atoms with Gasteiger partial charge in [0.1, 0.15) is 22.2 Å². The molecule has 4 rings (SSSR count). The number of hydrogen-bond donors (Lipinski definition) is 0. The number of amides is 1. The Hall–Kier alpha value is -3.43. The number of para-hydroxylation sites is 1. The van der Waals surface area contributed by atoms with E-state index in [1.807, 2.05) is 0 Å². The standard InChI is InChI=1S/C26H26FNO6S/c1-32-22-11-13-24(14-12-22)35(30,31)34-25-10-3-2-6-20(25)17-28(18-23-9-5-15-33-23)26(29)19-7-4-8-21(27)16-19/h2-4,6-8,10-14,16,23H,5,9,15,17-18H2,1H3. The van der Waals surface area contributed by atoms with Gasteiger partial charge in [0.2, 0.25) is 0 Å². The van der Waals surface area contributed by atoms with Gasteiger partial charge >= 0.3 is 10.1 Å². The van der Waals surface area contributed by atoms with Gasteiger partial charge in [0, 0.05) is 30.8 Å². The lowest BCUT2D eigenvalue weighted by Crippen LogP contribution is -2.37. The Balaban J connectivity index is 1.60. The molecule has 184 valence electrons. The lowest BCUT2D eigenvalue weighted by Gasteiger charge is -2.26. The van der Waals surface area contributed by atoms with Crippen LogP contribution in [-0.2, 0) is 21.4 Å². The lowest BCUT2D eigenvalue weighted by molar-refractivity contribution is 0.0506. The summed E-state index contributed by atoms with van der Waals surface area (Å²) >= 11 is 0. The second-order valence-electron chi connectivity index (χ2n) is 8.15. The molecule has 1 atom stereocenters. The molecule has 1 saturated heterocycles. The minimum Gasteiger partial charge on any atom is -0.497 e. The van der Waals surface area contributed by atoms with Crippen LogP contribution < -0.4 is 8.92 Å². The summed E-state index contributed by atoms with van der Waals surface area (Å²) in [6.45, 7) is 0.963. The molecule has 1 heterocycles. The number of methoxy groups -OCH3 is 1. The second-order valence-corrected chi connectivity index (χ2v) is 9.70. The van der Waals surface area contributed by atoms with Gasteiger partial charge in [-0.1, -0.05) is 24.3 Å². The van der Waals surface area contributed by atoms with Crippen LogP contribution in [0.1, 0.15) is 28.8 Å². The molecule has 0 radical (unpaired) electrons. The first-order chi connectivity index (χ1) is 16.9. The van der Waals surface area contributed by atoms with Gasteiger partial charge in [-0.3, -0.25) is 4.79 Å². The maximum absolute atomic E-state index is 13.8. The van der Waals surface area contributed by atoms with E-state index in [1.54, 1.807) is 24.3 Å². The van der Waals surface area contributed by atoms with Crippen molar-refractivity contribution >= 4 is 16.0 Å². The molecular formula is C26H26FNO6S. The van der Waals surface area contributed by atoms with Gasteiger partial charge in [-0.25, -0.2) is 4.39 Å². The zero-order valence-corrected chi connectivity index (χ0v) is 20.0. The largest absolute Gasteiger partial charge is 0.497 e. The van der Waals surface area contributed by atoms with E-state index in [0.29, 0.717) is 17.9 Å². The summed E-state index contributed by atoms with van der Waals surface area (Å²) in [6.07, 6.45) is 1.55. The molecule has 1 aliphatic rings. The monoisotopic (exact) mass is 499 g/mol. The number of halogens is 1. The van der Waals surface area contributed by atoms with Crippen molar-refractivity contribution in [2.24, 2.45) is 0 Å². The molecule has 0 spiro atoms.